The summed E-state index contributed by atoms with van der Waals surface area (Å²) in [4.78, 5) is 60.8. The third-order valence-electron chi connectivity index (χ3n) is 12.0. The van der Waals surface area contributed by atoms with Crippen molar-refractivity contribution in [2.24, 2.45) is 4.99 Å². The highest BCUT2D eigenvalue weighted by Gasteiger charge is 2.37. The first-order chi connectivity index (χ1) is 33.6. The van der Waals surface area contributed by atoms with E-state index >= 15 is 0 Å². The van der Waals surface area contributed by atoms with E-state index < -0.39 is 6.04 Å². The van der Waals surface area contributed by atoms with Gasteiger partial charge in [-0.15, -0.1) is 11.8 Å². The molecule has 1 saturated heterocycles. The van der Waals surface area contributed by atoms with Crippen LogP contribution in [0.15, 0.2) is 88.0 Å². The smallest absolute Gasteiger partial charge is 0.255 e. The van der Waals surface area contributed by atoms with Gasteiger partial charge in [0.05, 0.1) is 23.2 Å². The molecule has 71 heavy (non-hydrogen) atoms. The van der Waals surface area contributed by atoms with Gasteiger partial charge >= 0.3 is 0 Å². The summed E-state index contributed by atoms with van der Waals surface area (Å²) >= 11 is 1.73. The van der Waals surface area contributed by atoms with Crippen LogP contribution >= 0.6 is 11.8 Å². The normalized spacial score (nSPS) is 14.5. The maximum absolute atomic E-state index is 12.6. The number of hydrogen-bond donors (Lipinski definition) is 2. The third-order valence-corrected chi connectivity index (χ3v) is 12.8. The van der Waals surface area contributed by atoms with Gasteiger partial charge in [-0.1, -0.05) is 132 Å². The number of piperidine rings is 1. The number of aliphatic imine (C=N–C) groups is 1. The fourth-order valence-electron chi connectivity index (χ4n) is 7.46. The highest BCUT2D eigenvalue weighted by Crippen LogP contribution is 2.37. The van der Waals surface area contributed by atoms with Crippen molar-refractivity contribution in [1.29, 1.82) is 5.26 Å². The van der Waals surface area contributed by atoms with Gasteiger partial charge in [-0.05, 0) is 122 Å². The average Bonchev–Trinajstić information content (AvgIpc) is 3.72. The quantitative estimate of drug-likeness (QED) is 0.0724. The summed E-state index contributed by atoms with van der Waals surface area (Å²) in [6, 6.07) is 20.5. The number of benzene rings is 3. The Kier molecular flexibility index (Phi) is 32.2. The molecule has 3 aromatic carbocycles. The first-order valence-corrected chi connectivity index (χ1v) is 26.2. The van der Waals surface area contributed by atoms with Gasteiger partial charge in [-0.3, -0.25) is 14.4 Å². The van der Waals surface area contributed by atoms with Gasteiger partial charge in [0.2, 0.25) is 12.3 Å². The predicted octanol–water partition coefficient (Wildman–Crippen LogP) is 13.3. The Morgan fingerprint density at radius 2 is 1.68 bits per heavy atom. The summed E-state index contributed by atoms with van der Waals surface area (Å²) in [5.74, 6) is 2.68. The van der Waals surface area contributed by atoms with Crippen LogP contribution in [0.1, 0.15) is 198 Å². The molecule has 2 N–H and O–H groups in total. The van der Waals surface area contributed by atoms with Crippen LogP contribution in [0, 0.1) is 11.3 Å². The molecular weight excluding hydrogens is 907 g/mol. The van der Waals surface area contributed by atoms with Crippen LogP contribution in [0.5, 0.6) is 5.75 Å². The molecule has 0 aromatic heterocycles. The highest BCUT2D eigenvalue weighted by atomic mass is 32.2. The number of carbonyl (C=O) groups excluding carboxylic acids is 5. The van der Waals surface area contributed by atoms with Crippen LogP contribution in [-0.4, -0.2) is 60.0 Å². The topological polar surface area (TPSA) is 158 Å². The van der Waals surface area contributed by atoms with E-state index in [1.54, 1.807) is 34.7 Å². The lowest BCUT2D eigenvalue weighted by molar-refractivity contribution is -0.122. The Balaban J connectivity index is 0.00000101. The van der Waals surface area contributed by atoms with Crippen molar-refractivity contribution >= 4 is 47.9 Å². The van der Waals surface area contributed by atoms with E-state index in [9.17, 15) is 29.2 Å². The zero-order valence-electron chi connectivity index (χ0n) is 44.6. The second kappa shape index (κ2) is 35.1. The zero-order valence-corrected chi connectivity index (χ0v) is 45.5. The molecule has 3 amide bonds. The lowest BCUT2D eigenvalue weighted by Crippen LogP contribution is -2.46. The second-order valence-corrected chi connectivity index (χ2v) is 17.9. The standard InChI is InChI=1S/C25H33NO.C16H15N3O4.C12H21NS.C3H6O.C2H6.CH4/c1-7-14-27-24-19(9-3)15-23(16-21(24)17-26)25(5,6)22-12-10-20(11-13-22)18(4)8-2;20-8-13-14(3-4-15(22)18-13)19-7-11-5-10(6-17-9-21)1-2-12(11)16(19)23;1-6-9-11(8-3)13-12(14-5)10(4)7-2;1-2-3-4;1-2;/h10-13,15-16,18H,7-9,14H2,1-6H3;1-2,5,9,14H,3-4,6-7H2,(H,17,21)(H,18,22);6,9H,7-8H2,1-5H3;3H,2H2,1H3;1-2H3;1H4/b;;9-6-,12-10?,13-11-;;;. The lowest BCUT2D eigenvalue weighted by Gasteiger charge is -2.31. The van der Waals surface area contributed by atoms with Crippen molar-refractivity contribution < 1.29 is 28.7 Å². The van der Waals surface area contributed by atoms with Gasteiger partial charge in [0, 0.05) is 42.6 Å². The van der Waals surface area contributed by atoms with E-state index in [1.165, 1.54) is 21.7 Å². The summed E-state index contributed by atoms with van der Waals surface area (Å²) in [7, 11) is 0. The molecule has 388 valence electrons. The van der Waals surface area contributed by atoms with Crippen molar-refractivity contribution in [2.45, 2.75) is 179 Å². The maximum atomic E-state index is 12.6. The number of fused-ring (bicyclic) bond motifs is 1. The lowest BCUT2D eigenvalue weighted by atomic mass is 9.76. The van der Waals surface area contributed by atoms with Gasteiger partial charge < -0.3 is 25.1 Å². The third kappa shape index (κ3) is 19.6. The molecule has 0 spiro atoms. The SMILES string of the molecule is C.C/C=C\C(CC)=N/C(SC)=C(C)CC.CC.CCC=O.CCCOc1c(C#N)cc(C(C)(C)c2ccc(C(C)CC)cc2)cc1CC.O=C=C1NC(=O)CCC1N1Cc2cc(CNC=O)ccc2C1=O. The van der Waals surface area contributed by atoms with Crippen molar-refractivity contribution in [2.75, 3.05) is 12.9 Å². The summed E-state index contributed by atoms with van der Waals surface area (Å²) in [5, 5.41) is 15.9. The number of hydrogen-bond acceptors (Lipinski definition) is 9. The molecule has 12 heteroatoms. The molecule has 11 nitrogen and oxygen atoms in total. The average molecular weight is 992 g/mol. The molecule has 1 fully saturated rings. The highest BCUT2D eigenvalue weighted by molar-refractivity contribution is 8.02. The predicted molar refractivity (Wildman–Crippen MR) is 297 cm³/mol. The molecule has 2 heterocycles. The first kappa shape index (κ1) is 65.0. The van der Waals surface area contributed by atoms with E-state index in [0.717, 1.165) is 72.1 Å². The fraction of sp³-hybridized carbons (Fsp3) is 0.492. The van der Waals surface area contributed by atoms with E-state index in [2.05, 4.69) is 127 Å². The van der Waals surface area contributed by atoms with Crippen molar-refractivity contribution in [1.82, 2.24) is 15.5 Å². The number of amides is 3. The minimum absolute atomic E-state index is 0. The number of ether oxygens (including phenoxy) is 1. The van der Waals surface area contributed by atoms with Gasteiger partial charge in [0.25, 0.3) is 5.91 Å². The second-order valence-electron chi connectivity index (χ2n) is 17.1. The number of nitriles is 1. The number of nitrogens with zero attached hydrogens (tertiary/aromatic N) is 3. The molecule has 2 aliphatic heterocycles. The Labute approximate surface area is 432 Å². The number of thioether (sulfide) groups is 1. The molecule has 2 atom stereocenters. The van der Waals surface area contributed by atoms with Crippen molar-refractivity contribution in [3.63, 3.8) is 0 Å². The largest absolute Gasteiger partial charge is 0.492 e. The molecular formula is C59H85N5O6S. The molecule has 0 radical (unpaired) electrons. The van der Waals surface area contributed by atoms with E-state index in [-0.39, 0.29) is 36.8 Å². The summed E-state index contributed by atoms with van der Waals surface area (Å²) in [6.45, 7) is 28.8. The summed E-state index contributed by atoms with van der Waals surface area (Å²) in [6.07, 6.45) is 14.0. The van der Waals surface area contributed by atoms with Crippen LogP contribution in [0.3, 0.4) is 0 Å². The van der Waals surface area contributed by atoms with Crippen LogP contribution < -0.4 is 15.4 Å². The Hall–Kier alpha value is -6.02. The Bertz CT molecular complexity index is 2340. The molecule has 3 aromatic rings. The zero-order chi connectivity index (χ0) is 52.8. The molecule has 5 rings (SSSR count). The molecule has 0 bridgehead atoms. The number of carbonyl (C=O) groups is 4. The van der Waals surface area contributed by atoms with E-state index in [4.69, 9.17) is 4.74 Å². The van der Waals surface area contributed by atoms with Crippen LogP contribution in [0.25, 0.3) is 0 Å². The van der Waals surface area contributed by atoms with Crippen LogP contribution in [-0.2, 0) is 44.1 Å². The Morgan fingerprint density at radius 3 is 2.18 bits per heavy atom. The number of allylic oxidation sites excluding steroid dienone is 3. The van der Waals surface area contributed by atoms with Crippen molar-refractivity contribution in [3.05, 3.63) is 128 Å². The summed E-state index contributed by atoms with van der Waals surface area (Å²) in [5.41, 5.74) is 10.4. The van der Waals surface area contributed by atoms with Gasteiger partial charge in [-0.25, -0.2) is 9.79 Å². The van der Waals surface area contributed by atoms with E-state index in [0.29, 0.717) is 56.0 Å². The number of aldehydes is 1. The van der Waals surface area contributed by atoms with Crippen LogP contribution in [0.2, 0.25) is 0 Å². The van der Waals surface area contributed by atoms with Crippen LogP contribution in [0.4, 0.5) is 0 Å². The van der Waals surface area contributed by atoms with Gasteiger partial charge in [0.1, 0.15) is 29.7 Å². The molecule has 0 aliphatic carbocycles. The number of aryl methyl sites for hydroxylation is 1. The number of nitrogens with one attached hydrogen (secondary N) is 2. The van der Waals surface area contributed by atoms with Gasteiger partial charge in [0.15, 0.2) is 0 Å². The molecule has 2 unspecified atom stereocenters. The van der Waals surface area contributed by atoms with Gasteiger partial charge in [-0.2, -0.15) is 5.26 Å². The monoisotopic (exact) mass is 992 g/mol. The minimum Gasteiger partial charge on any atom is -0.492 e. The molecule has 2 aliphatic rings. The molecule has 0 saturated carbocycles. The maximum Gasteiger partial charge on any atom is 0.255 e. The first-order valence-electron chi connectivity index (χ1n) is 25.0. The fourth-order valence-corrected chi connectivity index (χ4v) is 8.16. The van der Waals surface area contributed by atoms with E-state index in [1.807, 2.05) is 45.9 Å². The summed E-state index contributed by atoms with van der Waals surface area (Å²) < 4.78 is 5.90. The minimum atomic E-state index is -0.457. The number of rotatable bonds is 18. The Morgan fingerprint density at radius 1 is 1.01 bits per heavy atom. The van der Waals surface area contributed by atoms with Crippen molar-refractivity contribution in [3.8, 4) is 11.8 Å².